The van der Waals surface area contributed by atoms with E-state index in [-0.39, 0.29) is 10.6 Å². The van der Waals surface area contributed by atoms with Crippen molar-refractivity contribution in [2.45, 2.75) is 30.4 Å². The second-order valence-corrected chi connectivity index (χ2v) is 6.66. The first-order valence-corrected chi connectivity index (χ1v) is 8.52. The van der Waals surface area contributed by atoms with E-state index < -0.39 is 0 Å². The number of nitro groups is 1. The van der Waals surface area contributed by atoms with Crippen molar-refractivity contribution in [3.05, 3.63) is 45.0 Å². The molecule has 0 amide bonds. The molecule has 0 bridgehead atoms. The maximum atomic E-state index is 11.0. The molecule has 5 nitrogen and oxygen atoms in total. The lowest BCUT2D eigenvalue weighted by atomic mass is 10.2. The third-order valence-electron chi connectivity index (χ3n) is 2.78. The van der Waals surface area contributed by atoms with E-state index in [2.05, 4.69) is 10.3 Å². The van der Waals surface area contributed by atoms with Crippen LogP contribution in [0.15, 0.2) is 27.9 Å². The van der Waals surface area contributed by atoms with Crippen LogP contribution in [0, 0.1) is 17.0 Å². The third-order valence-corrected chi connectivity index (χ3v) is 4.99. The Labute approximate surface area is 131 Å². The van der Waals surface area contributed by atoms with Gasteiger partial charge in [-0.3, -0.25) is 10.1 Å². The number of hydrogen-bond donors (Lipinski definition) is 1. The van der Waals surface area contributed by atoms with Crippen molar-refractivity contribution in [2.75, 3.05) is 11.9 Å². The van der Waals surface area contributed by atoms with Gasteiger partial charge in [-0.05, 0) is 25.0 Å². The Hall–Kier alpha value is -1.60. The summed E-state index contributed by atoms with van der Waals surface area (Å²) >= 11 is 3.27. The molecular weight excluding hydrogens is 306 g/mol. The molecule has 2 aromatic rings. The highest BCUT2D eigenvalue weighted by Gasteiger charge is 2.14. The van der Waals surface area contributed by atoms with Crippen LogP contribution in [0.3, 0.4) is 0 Å². The monoisotopic (exact) mass is 323 g/mol. The molecule has 7 heteroatoms. The number of thiazole rings is 1. The van der Waals surface area contributed by atoms with E-state index in [1.54, 1.807) is 29.2 Å². The second-order valence-electron chi connectivity index (χ2n) is 4.58. The van der Waals surface area contributed by atoms with Gasteiger partial charge in [-0.2, -0.15) is 0 Å². The fourth-order valence-electron chi connectivity index (χ4n) is 1.78. The van der Waals surface area contributed by atoms with Gasteiger partial charge in [-0.15, -0.1) is 11.3 Å². The van der Waals surface area contributed by atoms with Crippen LogP contribution >= 0.6 is 23.1 Å². The number of anilines is 1. The number of thioether (sulfide) groups is 1. The number of hydrogen-bond acceptors (Lipinski definition) is 6. The molecule has 0 radical (unpaired) electrons. The molecule has 1 aromatic carbocycles. The first-order chi connectivity index (χ1) is 10.1. The van der Waals surface area contributed by atoms with E-state index in [9.17, 15) is 10.1 Å². The van der Waals surface area contributed by atoms with Crippen LogP contribution in [-0.4, -0.2) is 16.5 Å². The van der Waals surface area contributed by atoms with Crippen LogP contribution in [0.1, 0.15) is 24.6 Å². The molecule has 0 unspecified atom stereocenters. The summed E-state index contributed by atoms with van der Waals surface area (Å²) in [6.45, 7) is 4.73. The summed E-state index contributed by atoms with van der Waals surface area (Å²) in [4.78, 5) is 15.1. The molecule has 21 heavy (non-hydrogen) atoms. The molecule has 0 spiro atoms. The Morgan fingerprint density at radius 2 is 2.29 bits per heavy atom. The Balaban J connectivity index is 2.10. The number of aromatic nitrogens is 1. The molecule has 1 N–H and O–H groups in total. The van der Waals surface area contributed by atoms with Crippen LogP contribution in [0.2, 0.25) is 0 Å². The zero-order valence-corrected chi connectivity index (χ0v) is 13.6. The Morgan fingerprint density at radius 3 is 2.90 bits per heavy atom. The number of rotatable bonds is 7. The lowest BCUT2D eigenvalue weighted by Gasteiger charge is -2.08. The average Bonchev–Trinajstić information content (AvgIpc) is 2.88. The number of benzene rings is 1. The molecule has 0 aliphatic carbocycles. The smallest absolute Gasteiger partial charge is 0.292 e. The fraction of sp³-hybridized carbons (Fsp3) is 0.357. The minimum Gasteiger partial charge on any atom is -0.379 e. The van der Waals surface area contributed by atoms with Gasteiger partial charge < -0.3 is 5.32 Å². The van der Waals surface area contributed by atoms with Gasteiger partial charge in [-0.1, -0.05) is 24.8 Å². The van der Waals surface area contributed by atoms with Crippen molar-refractivity contribution in [1.82, 2.24) is 4.98 Å². The zero-order chi connectivity index (χ0) is 15.2. The molecule has 0 fully saturated rings. The maximum Gasteiger partial charge on any atom is 0.292 e. The predicted octanol–water partition coefficient (Wildman–Crippen LogP) is 4.47. The molecule has 0 atom stereocenters. The molecule has 1 heterocycles. The van der Waals surface area contributed by atoms with E-state index in [1.807, 2.05) is 31.4 Å². The molecular formula is C14H17N3O2S2. The van der Waals surface area contributed by atoms with Crippen LogP contribution in [0.4, 0.5) is 11.4 Å². The first-order valence-electron chi connectivity index (χ1n) is 6.66. The van der Waals surface area contributed by atoms with Crippen LogP contribution in [-0.2, 0) is 5.75 Å². The van der Waals surface area contributed by atoms with Gasteiger partial charge in [0, 0.05) is 29.4 Å². The van der Waals surface area contributed by atoms with Crippen molar-refractivity contribution in [3.63, 3.8) is 0 Å². The molecule has 0 aliphatic rings. The van der Waals surface area contributed by atoms with Crippen molar-refractivity contribution in [2.24, 2.45) is 0 Å². The first kappa shape index (κ1) is 15.8. The van der Waals surface area contributed by atoms with Crippen molar-refractivity contribution in [1.29, 1.82) is 0 Å². The maximum absolute atomic E-state index is 11.0. The standard InChI is InChI=1S/C14H17N3O2S2/c1-3-6-15-12-7-11(4-5-13(12)17(18)19)9-21-14-16-10(2)8-20-14/h4-5,7-8,15H,3,6,9H2,1-2H3. The number of aryl methyl sites for hydroxylation is 1. The van der Waals surface area contributed by atoms with Crippen molar-refractivity contribution >= 4 is 34.5 Å². The van der Waals surface area contributed by atoms with Gasteiger partial charge in [0.15, 0.2) is 0 Å². The number of nitrogens with zero attached hydrogens (tertiary/aromatic N) is 2. The predicted molar refractivity (Wildman–Crippen MR) is 88.3 cm³/mol. The summed E-state index contributed by atoms with van der Waals surface area (Å²) in [5.74, 6) is 0.756. The van der Waals surface area contributed by atoms with Gasteiger partial charge in [0.2, 0.25) is 0 Å². The molecule has 1 aromatic heterocycles. The van der Waals surface area contributed by atoms with E-state index in [0.717, 1.165) is 34.3 Å². The fourth-order valence-corrected chi connectivity index (χ4v) is 3.57. The summed E-state index contributed by atoms with van der Waals surface area (Å²) in [6.07, 6.45) is 0.925. The molecule has 0 aliphatic heterocycles. The van der Waals surface area contributed by atoms with Gasteiger partial charge in [0.25, 0.3) is 5.69 Å². The van der Waals surface area contributed by atoms with Gasteiger partial charge >= 0.3 is 0 Å². The van der Waals surface area contributed by atoms with Crippen molar-refractivity contribution < 1.29 is 4.92 Å². The molecule has 0 saturated heterocycles. The van der Waals surface area contributed by atoms with E-state index >= 15 is 0 Å². The van der Waals surface area contributed by atoms with Gasteiger partial charge in [0.05, 0.1) is 4.92 Å². The van der Waals surface area contributed by atoms with E-state index in [0.29, 0.717) is 5.69 Å². The quantitative estimate of drug-likeness (QED) is 0.462. The Kier molecular flexibility index (Phi) is 5.58. The largest absolute Gasteiger partial charge is 0.379 e. The lowest BCUT2D eigenvalue weighted by molar-refractivity contribution is -0.384. The second kappa shape index (κ2) is 7.42. The highest BCUT2D eigenvalue weighted by Crippen LogP contribution is 2.30. The van der Waals surface area contributed by atoms with Gasteiger partial charge in [-0.25, -0.2) is 4.98 Å². The Morgan fingerprint density at radius 1 is 1.48 bits per heavy atom. The lowest BCUT2D eigenvalue weighted by Crippen LogP contribution is -2.03. The Bertz CT molecular complexity index is 628. The van der Waals surface area contributed by atoms with Gasteiger partial charge in [0.1, 0.15) is 10.0 Å². The molecule has 2 rings (SSSR count). The van der Waals surface area contributed by atoms with E-state index in [4.69, 9.17) is 0 Å². The average molecular weight is 323 g/mol. The summed E-state index contributed by atoms with van der Waals surface area (Å²) in [6, 6.07) is 5.24. The van der Waals surface area contributed by atoms with E-state index in [1.165, 1.54) is 0 Å². The topological polar surface area (TPSA) is 68.1 Å². The normalized spacial score (nSPS) is 10.6. The van der Waals surface area contributed by atoms with Crippen LogP contribution < -0.4 is 5.32 Å². The number of nitrogens with one attached hydrogen (secondary N) is 1. The summed E-state index contributed by atoms with van der Waals surface area (Å²) in [5, 5.41) is 16.2. The van der Waals surface area contributed by atoms with Crippen LogP contribution in [0.5, 0.6) is 0 Å². The zero-order valence-electron chi connectivity index (χ0n) is 12.0. The number of nitro benzene ring substituents is 1. The summed E-state index contributed by atoms with van der Waals surface area (Å²) in [7, 11) is 0. The SMILES string of the molecule is CCCNc1cc(CSc2nc(C)cs2)ccc1[N+](=O)[O-]. The molecule has 0 saturated carbocycles. The highest BCUT2D eigenvalue weighted by molar-refractivity contribution is 8.00. The minimum atomic E-state index is -0.348. The van der Waals surface area contributed by atoms with Crippen LogP contribution in [0.25, 0.3) is 0 Å². The summed E-state index contributed by atoms with van der Waals surface area (Å²) < 4.78 is 1.02. The minimum absolute atomic E-state index is 0.127. The van der Waals surface area contributed by atoms with Crippen molar-refractivity contribution in [3.8, 4) is 0 Å². The summed E-state index contributed by atoms with van der Waals surface area (Å²) in [5.41, 5.74) is 2.80. The highest BCUT2D eigenvalue weighted by atomic mass is 32.2. The molecule has 112 valence electrons. The third kappa shape index (κ3) is 4.44.